The normalized spacial score (nSPS) is 13.4. The molecular formula is C20H23N7O3. The Morgan fingerprint density at radius 3 is 2.60 bits per heavy atom. The van der Waals surface area contributed by atoms with Gasteiger partial charge in [0.15, 0.2) is 5.82 Å². The van der Waals surface area contributed by atoms with Gasteiger partial charge in [0.2, 0.25) is 5.91 Å². The molecule has 1 aliphatic carbocycles. The SMILES string of the molecule is Cc1cc(C)n(-c2ccc(=O)n(CC(=O)NCCn3cnc(C4CC4)cc3=O)n2)n1. The van der Waals surface area contributed by atoms with Crippen LogP contribution in [0.2, 0.25) is 0 Å². The minimum atomic E-state index is -0.383. The molecule has 0 bridgehead atoms. The van der Waals surface area contributed by atoms with E-state index in [2.05, 4.69) is 20.5 Å². The highest BCUT2D eigenvalue weighted by Gasteiger charge is 2.25. The largest absolute Gasteiger partial charge is 0.353 e. The smallest absolute Gasteiger partial charge is 0.267 e. The first-order valence-electron chi connectivity index (χ1n) is 9.85. The molecule has 30 heavy (non-hydrogen) atoms. The molecule has 0 saturated heterocycles. The molecule has 0 atom stereocenters. The van der Waals surface area contributed by atoms with Crippen molar-refractivity contribution < 1.29 is 4.79 Å². The fraction of sp³-hybridized carbons (Fsp3) is 0.400. The molecule has 0 radical (unpaired) electrons. The van der Waals surface area contributed by atoms with Crippen LogP contribution in [-0.2, 0) is 17.9 Å². The zero-order valence-electron chi connectivity index (χ0n) is 16.9. The number of hydrogen-bond acceptors (Lipinski definition) is 6. The summed E-state index contributed by atoms with van der Waals surface area (Å²) in [4.78, 5) is 40.8. The summed E-state index contributed by atoms with van der Waals surface area (Å²) < 4.78 is 4.17. The van der Waals surface area contributed by atoms with E-state index in [1.807, 2.05) is 19.9 Å². The second-order valence-electron chi connectivity index (χ2n) is 7.50. The molecule has 10 nitrogen and oxygen atoms in total. The number of carbonyl (C=O) groups is 1. The van der Waals surface area contributed by atoms with E-state index in [1.54, 1.807) is 16.8 Å². The highest BCUT2D eigenvalue weighted by atomic mass is 16.2. The predicted octanol–water partition coefficient (Wildman–Crippen LogP) is 0.296. The molecule has 3 heterocycles. The molecule has 0 unspecified atom stereocenters. The lowest BCUT2D eigenvalue weighted by molar-refractivity contribution is -0.121. The van der Waals surface area contributed by atoms with Gasteiger partial charge in [0.05, 0.1) is 17.7 Å². The van der Waals surface area contributed by atoms with Gasteiger partial charge in [0.25, 0.3) is 11.1 Å². The van der Waals surface area contributed by atoms with E-state index in [0.29, 0.717) is 18.3 Å². The summed E-state index contributed by atoms with van der Waals surface area (Å²) in [5.41, 5.74) is 2.04. The van der Waals surface area contributed by atoms with Gasteiger partial charge in [-0.2, -0.15) is 5.10 Å². The van der Waals surface area contributed by atoms with Gasteiger partial charge in [0, 0.05) is 36.8 Å². The number of aromatic nitrogens is 6. The first-order valence-corrected chi connectivity index (χ1v) is 9.85. The number of rotatable bonds is 7. The highest BCUT2D eigenvalue weighted by Crippen LogP contribution is 2.38. The van der Waals surface area contributed by atoms with E-state index >= 15 is 0 Å². The third-order valence-electron chi connectivity index (χ3n) is 4.94. The minimum absolute atomic E-state index is 0.128. The van der Waals surface area contributed by atoms with Gasteiger partial charge in [-0.15, -0.1) is 5.10 Å². The Morgan fingerprint density at radius 2 is 1.93 bits per heavy atom. The summed E-state index contributed by atoms with van der Waals surface area (Å²) in [6.07, 6.45) is 3.69. The van der Waals surface area contributed by atoms with Crippen molar-refractivity contribution in [3.63, 3.8) is 0 Å². The van der Waals surface area contributed by atoms with Crippen molar-refractivity contribution in [2.24, 2.45) is 0 Å². The maximum atomic E-state index is 12.3. The van der Waals surface area contributed by atoms with E-state index in [0.717, 1.165) is 34.6 Å². The Bertz CT molecular complexity index is 1200. The average Bonchev–Trinajstić information content (AvgIpc) is 3.49. The number of nitrogens with zero attached hydrogens (tertiary/aromatic N) is 6. The van der Waals surface area contributed by atoms with Gasteiger partial charge in [-0.1, -0.05) is 0 Å². The van der Waals surface area contributed by atoms with Crippen LogP contribution in [0.5, 0.6) is 0 Å². The first kappa shape index (κ1) is 19.7. The average molecular weight is 409 g/mol. The molecule has 0 aliphatic heterocycles. The van der Waals surface area contributed by atoms with Crippen molar-refractivity contribution in [1.82, 2.24) is 34.4 Å². The molecule has 3 aromatic rings. The maximum absolute atomic E-state index is 12.3. The summed E-state index contributed by atoms with van der Waals surface area (Å²) in [5.74, 6) is 0.509. The van der Waals surface area contributed by atoms with Gasteiger partial charge >= 0.3 is 0 Å². The predicted molar refractivity (Wildman–Crippen MR) is 109 cm³/mol. The molecule has 1 N–H and O–H groups in total. The van der Waals surface area contributed by atoms with E-state index in [1.165, 1.54) is 17.0 Å². The van der Waals surface area contributed by atoms with Gasteiger partial charge in [-0.05, 0) is 38.8 Å². The molecule has 1 saturated carbocycles. The Balaban J connectivity index is 1.37. The number of amides is 1. The summed E-state index contributed by atoms with van der Waals surface area (Å²) in [6.45, 7) is 4.08. The molecule has 10 heteroatoms. The molecule has 1 aliphatic rings. The molecule has 4 rings (SSSR count). The van der Waals surface area contributed by atoms with Crippen LogP contribution in [0.1, 0.15) is 35.8 Å². The summed E-state index contributed by atoms with van der Waals surface area (Å²) in [7, 11) is 0. The minimum Gasteiger partial charge on any atom is -0.353 e. The first-order chi connectivity index (χ1) is 14.4. The molecule has 1 fully saturated rings. The van der Waals surface area contributed by atoms with Crippen LogP contribution in [0, 0.1) is 13.8 Å². The monoisotopic (exact) mass is 409 g/mol. The van der Waals surface area contributed by atoms with E-state index in [9.17, 15) is 14.4 Å². The van der Waals surface area contributed by atoms with Crippen molar-refractivity contribution in [3.8, 4) is 5.82 Å². The third kappa shape index (κ3) is 4.37. The molecule has 0 spiro atoms. The van der Waals surface area contributed by atoms with Gasteiger partial charge < -0.3 is 5.32 Å². The Kier molecular flexibility index (Phi) is 5.30. The van der Waals surface area contributed by atoms with Crippen LogP contribution >= 0.6 is 0 Å². The van der Waals surface area contributed by atoms with E-state index in [-0.39, 0.29) is 30.1 Å². The lowest BCUT2D eigenvalue weighted by atomic mass is 10.3. The van der Waals surface area contributed by atoms with E-state index < -0.39 is 0 Å². The van der Waals surface area contributed by atoms with Crippen LogP contribution in [-0.4, -0.2) is 41.6 Å². The van der Waals surface area contributed by atoms with Gasteiger partial charge in [-0.25, -0.2) is 14.3 Å². The maximum Gasteiger partial charge on any atom is 0.267 e. The highest BCUT2D eigenvalue weighted by molar-refractivity contribution is 5.75. The standard InChI is InChI=1S/C20H23N7O3/c1-13-9-14(2)27(23-13)17-5-6-19(29)26(24-17)11-18(28)21-7-8-25-12-22-16(10-20(25)30)15-3-4-15/h5-6,9-10,12,15H,3-4,7-8,11H2,1-2H3,(H,21,28). The zero-order chi connectivity index (χ0) is 21.3. The molecule has 3 aromatic heterocycles. The molecule has 0 aromatic carbocycles. The number of aryl methyl sites for hydroxylation is 2. The zero-order valence-corrected chi connectivity index (χ0v) is 16.9. The van der Waals surface area contributed by atoms with Crippen LogP contribution in [0.15, 0.2) is 40.2 Å². The molecular weight excluding hydrogens is 386 g/mol. The lowest BCUT2D eigenvalue weighted by Crippen LogP contribution is -2.36. The fourth-order valence-electron chi connectivity index (χ4n) is 3.24. The fourth-order valence-corrected chi connectivity index (χ4v) is 3.24. The van der Waals surface area contributed by atoms with Crippen LogP contribution in [0.3, 0.4) is 0 Å². The second-order valence-corrected chi connectivity index (χ2v) is 7.50. The second kappa shape index (κ2) is 8.05. The topological polar surface area (TPSA) is 117 Å². The summed E-state index contributed by atoms with van der Waals surface area (Å²) >= 11 is 0. The number of nitrogens with one attached hydrogen (secondary N) is 1. The Morgan fingerprint density at radius 1 is 1.13 bits per heavy atom. The van der Waals surface area contributed by atoms with Crippen molar-refractivity contribution in [1.29, 1.82) is 0 Å². The quantitative estimate of drug-likeness (QED) is 0.600. The summed E-state index contributed by atoms with van der Waals surface area (Å²) in [6, 6.07) is 6.39. The van der Waals surface area contributed by atoms with Gasteiger partial charge in [-0.3, -0.25) is 19.0 Å². The van der Waals surface area contributed by atoms with Crippen molar-refractivity contribution in [2.45, 2.75) is 45.7 Å². The van der Waals surface area contributed by atoms with E-state index in [4.69, 9.17) is 0 Å². The Labute approximate surface area is 172 Å². The number of hydrogen-bond donors (Lipinski definition) is 1. The van der Waals surface area contributed by atoms with Crippen molar-refractivity contribution in [3.05, 3.63) is 68.4 Å². The van der Waals surface area contributed by atoms with Crippen molar-refractivity contribution >= 4 is 5.91 Å². The lowest BCUT2D eigenvalue weighted by Gasteiger charge is -2.10. The van der Waals surface area contributed by atoms with Gasteiger partial charge in [0.1, 0.15) is 6.54 Å². The van der Waals surface area contributed by atoms with Crippen LogP contribution in [0.4, 0.5) is 0 Å². The van der Waals surface area contributed by atoms with Crippen LogP contribution < -0.4 is 16.4 Å². The van der Waals surface area contributed by atoms with Crippen molar-refractivity contribution in [2.75, 3.05) is 6.54 Å². The summed E-state index contributed by atoms with van der Waals surface area (Å²) in [5, 5.41) is 11.3. The molecule has 156 valence electrons. The molecule has 1 amide bonds. The Hall–Kier alpha value is -3.56. The number of carbonyl (C=O) groups excluding carboxylic acids is 1. The van der Waals surface area contributed by atoms with Crippen LogP contribution in [0.25, 0.3) is 5.82 Å². The third-order valence-corrected chi connectivity index (χ3v) is 4.94.